The third-order valence-electron chi connectivity index (χ3n) is 7.41. The van der Waals surface area contributed by atoms with Crippen molar-refractivity contribution in [2.75, 3.05) is 30.3 Å². The van der Waals surface area contributed by atoms with Crippen molar-refractivity contribution in [3.63, 3.8) is 0 Å². The number of aldehydes is 1. The molecule has 2 amide bonds. The molecule has 0 spiro atoms. The van der Waals surface area contributed by atoms with Crippen molar-refractivity contribution < 1.29 is 24.2 Å². The second-order valence-electron chi connectivity index (χ2n) is 9.87. The van der Waals surface area contributed by atoms with Crippen LogP contribution in [0.15, 0.2) is 34.8 Å². The predicted octanol–water partition coefficient (Wildman–Crippen LogP) is -0.0610. The lowest BCUT2D eigenvalue weighted by atomic mass is 10.0. The van der Waals surface area contributed by atoms with Gasteiger partial charge in [0.25, 0.3) is 11.8 Å². The summed E-state index contributed by atoms with van der Waals surface area (Å²) in [4.78, 5) is 48.1. The van der Waals surface area contributed by atoms with E-state index in [2.05, 4.69) is 25.8 Å². The van der Waals surface area contributed by atoms with Crippen LogP contribution < -0.4 is 26.7 Å². The number of nitrogens with one attached hydrogen (secondary N) is 2. The van der Waals surface area contributed by atoms with Gasteiger partial charge in [0.05, 0.1) is 11.9 Å². The van der Waals surface area contributed by atoms with Crippen molar-refractivity contribution in [3.8, 4) is 0 Å². The van der Waals surface area contributed by atoms with E-state index < -0.39 is 28.9 Å². The van der Waals surface area contributed by atoms with Gasteiger partial charge >= 0.3 is 11.6 Å². The van der Waals surface area contributed by atoms with E-state index in [9.17, 15) is 19.6 Å². The molecule has 0 radical (unpaired) electrons. The third kappa shape index (κ3) is 4.79. The zero-order chi connectivity index (χ0) is 28.8. The first-order valence-corrected chi connectivity index (χ1v) is 15.0. The molecule has 3 aromatic heterocycles. The van der Waals surface area contributed by atoms with Gasteiger partial charge in [0, 0.05) is 17.9 Å². The number of carbonyl (C=O) groups excluding carboxylic acids is 3. The summed E-state index contributed by atoms with van der Waals surface area (Å²) in [5.41, 5.74) is 14.0. The van der Waals surface area contributed by atoms with Crippen LogP contribution in [0.25, 0.3) is 11.2 Å². The van der Waals surface area contributed by atoms with Crippen LogP contribution >= 0.6 is 34.7 Å². The van der Waals surface area contributed by atoms with Gasteiger partial charge in [-0.05, 0) is 42.5 Å². The first-order valence-electron chi connectivity index (χ1n) is 12.7. The highest BCUT2D eigenvalue weighted by atomic mass is 35.5. The molecule has 6 rings (SSSR count). The van der Waals surface area contributed by atoms with Gasteiger partial charge in [-0.25, -0.2) is 9.55 Å². The first-order chi connectivity index (χ1) is 19.8. The number of hydrogen-bond donors (Lipinski definition) is 5. The number of fused-ring (bicyclic) bond motifs is 2. The normalized spacial score (nSPS) is 22.7. The quantitative estimate of drug-likeness (QED) is 0.0570. The summed E-state index contributed by atoms with van der Waals surface area (Å²) in [5, 5.41) is 18.0. The molecule has 3 aliphatic heterocycles. The fourth-order valence-corrected chi connectivity index (χ4v) is 7.69. The van der Waals surface area contributed by atoms with Crippen molar-refractivity contribution in [1.82, 2.24) is 30.1 Å². The van der Waals surface area contributed by atoms with Crippen LogP contribution in [0.2, 0.25) is 4.34 Å². The smallest absolute Gasteiger partial charge is 0.351 e. The Balaban J connectivity index is 1.21. The van der Waals surface area contributed by atoms with Crippen molar-refractivity contribution in [3.05, 3.63) is 39.6 Å². The molecule has 3 aliphatic rings. The molecule has 3 aromatic rings. The lowest BCUT2D eigenvalue weighted by molar-refractivity contribution is -0.664. The molecule has 3 unspecified atom stereocenters. The molecule has 2 fully saturated rings. The number of β-lactam (4-membered cyclic amide) rings is 1. The van der Waals surface area contributed by atoms with Crippen LogP contribution in [-0.2, 0) is 27.5 Å². The molecule has 0 saturated carbocycles. The fraction of sp³-hybridized carbons (Fsp3) is 0.375. The number of carbonyl (C=O) groups is 3. The Morgan fingerprint density at radius 1 is 1.39 bits per heavy atom. The molecule has 0 aliphatic carbocycles. The second kappa shape index (κ2) is 10.9. The number of anilines is 2. The molecular formula is C24H26ClN10O4S2+. The SMILES string of the molecule is Nc1nc(/C(=N/O)C(=O)NC2C(=O)N3C(C=O)=C(C[n+]4cccc5c4nc(N)n5CC4CCNC4)CSC23)c(Cl)s1. The van der Waals surface area contributed by atoms with Gasteiger partial charge in [-0.15, -0.1) is 11.8 Å². The van der Waals surface area contributed by atoms with Crippen LogP contribution in [0.3, 0.4) is 0 Å². The molecule has 6 heterocycles. The molecule has 2 saturated heterocycles. The first kappa shape index (κ1) is 27.4. The summed E-state index contributed by atoms with van der Waals surface area (Å²) >= 11 is 8.39. The Morgan fingerprint density at radius 3 is 2.90 bits per heavy atom. The lowest BCUT2D eigenvalue weighted by Gasteiger charge is -2.49. The number of nitrogens with zero attached hydrogens (tertiary/aromatic N) is 6. The van der Waals surface area contributed by atoms with Crippen molar-refractivity contribution in [1.29, 1.82) is 0 Å². The highest BCUT2D eigenvalue weighted by Crippen LogP contribution is 2.40. The number of thioether (sulfide) groups is 1. The van der Waals surface area contributed by atoms with Crippen LogP contribution in [0.1, 0.15) is 12.1 Å². The Kier molecular flexibility index (Phi) is 7.31. The van der Waals surface area contributed by atoms with Crippen LogP contribution in [0, 0.1) is 5.92 Å². The minimum Gasteiger partial charge on any atom is -0.410 e. The van der Waals surface area contributed by atoms with E-state index in [1.165, 1.54) is 16.7 Å². The molecule has 7 N–H and O–H groups in total. The van der Waals surface area contributed by atoms with Crippen LogP contribution in [0.5, 0.6) is 0 Å². The van der Waals surface area contributed by atoms with E-state index in [0.29, 0.717) is 36.1 Å². The summed E-state index contributed by atoms with van der Waals surface area (Å²) < 4.78 is 4.02. The van der Waals surface area contributed by atoms with Gasteiger partial charge in [-0.3, -0.25) is 23.9 Å². The largest absolute Gasteiger partial charge is 0.410 e. The Labute approximate surface area is 246 Å². The highest BCUT2D eigenvalue weighted by molar-refractivity contribution is 8.00. The number of aromatic nitrogens is 4. The molecule has 41 heavy (non-hydrogen) atoms. The van der Waals surface area contributed by atoms with Gasteiger partial charge in [-0.1, -0.05) is 28.1 Å². The van der Waals surface area contributed by atoms with E-state index in [-0.39, 0.29) is 20.9 Å². The molecular weight excluding hydrogens is 592 g/mol. The molecule has 214 valence electrons. The minimum absolute atomic E-state index is 0.0736. The highest BCUT2D eigenvalue weighted by Gasteiger charge is 2.53. The maximum absolute atomic E-state index is 13.1. The topological polar surface area (TPSA) is 198 Å². The average Bonchev–Trinajstić information content (AvgIpc) is 3.67. The van der Waals surface area contributed by atoms with Gasteiger partial charge < -0.3 is 27.3 Å². The third-order valence-corrected chi connectivity index (χ3v) is 9.83. The number of oxime groups is 1. The van der Waals surface area contributed by atoms with E-state index in [1.54, 1.807) is 0 Å². The summed E-state index contributed by atoms with van der Waals surface area (Å²) in [6.07, 6.45) is 3.61. The molecule has 0 aromatic carbocycles. The van der Waals surface area contributed by atoms with Gasteiger partial charge in [0.15, 0.2) is 17.1 Å². The predicted molar refractivity (Wildman–Crippen MR) is 153 cm³/mol. The van der Waals surface area contributed by atoms with E-state index in [4.69, 9.17) is 23.1 Å². The number of pyridine rings is 1. The number of imidazole rings is 1. The summed E-state index contributed by atoms with van der Waals surface area (Å²) in [6.45, 7) is 3.02. The van der Waals surface area contributed by atoms with Crippen LogP contribution in [0.4, 0.5) is 11.1 Å². The number of allylic oxidation sites excluding steroid dienone is 1. The molecule has 3 atom stereocenters. The molecule has 14 nitrogen and oxygen atoms in total. The Bertz CT molecular complexity index is 1630. The number of halogens is 1. The second-order valence-corrected chi connectivity index (χ2v) is 12.6. The van der Waals surface area contributed by atoms with Crippen molar-refractivity contribution in [2.45, 2.75) is 30.9 Å². The van der Waals surface area contributed by atoms with Crippen molar-refractivity contribution >= 4 is 80.8 Å². The Morgan fingerprint density at radius 2 is 2.22 bits per heavy atom. The number of nitrogen functional groups attached to an aromatic ring is 2. The molecule has 17 heteroatoms. The van der Waals surface area contributed by atoms with Crippen LogP contribution in [-0.4, -0.2) is 78.7 Å². The van der Waals surface area contributed by atoms with Gasteiger partial charge in [-0.2, -0.15) is 0 Å². The number of nitrogens with two attached hydrogens (primary N) is 2. The summed E-state index contributed by atoms with van der Waals surface area (Å²) in [6, 6.07) is 2.95. The van der Waals surface area contributed by atoms with E-state index in [1.807, 2.05) is 27.5 Å². The zero-order valence-corrected chi connectivity index (χ0v) is 23.9. The zero-order valence-electron chi connectivity index (χ0n) is 21.5. The summed E-state index contributed by atoms with van der Waals surface area (Å²) in [7, 11) is 0. The van der Waals surface area contributed by atoms with E-state index in [0.717, 1.165) is 48.5 Å². The van der Waals surface area contributed by atoms with Crippen molar-refractivity contribution in [2.24, 2.45) is 11.1 Å². The maximum atomic E-state index is 13.1. The standard InChI is InChI=1S/C24H25ClN10O4S2/c25-18-15(30-24(27)41-18)16(32-39)20(37)29-17-21(38)35-14(9-36)12(10-40-22(17)35)8-33-5-1-2-13-19(33)31-23(26)34(13)7-11-3-4-28-6-11/h1-2,5,9,11,17,22,26,28H,3-4,6-8,10H2,(H4,27,29,30,37,39)/p+1. The number of hydrogen-bond acceptors (Lipinski definition) is 12. The minimum atomic E-state index is -0.938. The Hall–Kier alpha value is -3.73. The monoisotopic (exact) mass is 617 g/mol. The maximum Gasteiger partial charge on any atom is 0.351 e. The van der Waals surface area contributed by atoms with Gasteiger partial charge in [0.1, 0.15) is 33.5 Å². The number of amides is 2. The lowest BCUT2D eigenvalue weighted by Crippen LogP contribution is -2.70. The molecule has 0 bridgehead atoms. The van der Waals surface area contributed by atoms with E-state index >= 15 is 0 Å². The van der Waals surface area contributed by atoms with Gasteiger partial charge in [0.2, 0.25) is 0 Å². The summed E-state index contributed by atoms with van der Waals surface area (Å²) in [5.74, 6) is 0.0419. The number of thiazole rings is 1. The average molecular weight is 618 g/mol. The number of rotatable bonds is 8. The fourth-order valence-electron chi connectivity index (χ4n) is 5.40.